The Balaban J connectivity index is 2.02. The van der Waals surface area contributed by atoms with Crippen molar-refractivity contribution in [3.8, 4) is 11.5 Å². The maximum Gasteiger partial charge on any atom is 0.337 e. The molecule has 0 aliphatic carbocycles. The number of benzene rings is 2. The lowest BCUT2D eigenvalue weighted by molar-refractivity contribution is -0.116. The lowest BCUT2D eigenvalue weighted by Gasteiger charge is -2.11. The van der Waals surface area contributed by atoms with Crippen molar-refractivity contribution in [2.45, 2.75) is 12.8 Å². The minimum atomic E-state index is -0.498. The Kier molecular flexibility index (Phi) is 6.86. The number of anilines is 1. The zero-order valence-corrected chi connectivity index (χ0v) is 15.6. The summed E-state index contributed by atoms with van der Waals surface area (Å²) in [6.07, 6.45) is 0.759. The quantitative estimate of drug-likeness (QED) is 0.744. The lowest BCUT2D eigenvalue weighted by Crippen LogP contribution is -2.13. The van der Waals surface area contributed by atoms with Crippen molar-refractivity contribution >= 4 is 29.2 Å². The molecule has 0 aliphatic rings. The van der Waals surface area contributed by atoms with E-state index < -0.39 is 5.97 Å². The van der Waals surface area contributed by atoms with Gasteiger partial charge in [-0.05, 0) is 42.3 Å². The largest absolute Gasteiger partial charge is 0.493 e. The van der Waals surface area contributed by atoms with Gasteiger partial charge in [0.15, 0.2) is 11.5 Å². The Bertz CT molecular complexity index is 807. The van der Waals surface area contributed by atoms with Gasteiger partial charge < -0.3 is 19.5 Å². The van der Waals surface area contributed by atoms with Crippen molar-refractivity contribution in [2.24, 2.45) is 0 Å². The highest BCUT2D eigenvalue weighted by Crippen LogP contribution is 2.28. The van der Waals surface area contributed by atoms with Crippen LogP contribution in [0.3, 0.4) is 0 Å². The molecule has 1 N–H and O–H groups in total. The summed E-state index contributed by atoms with van der Waals surface area (Å²) in [4.78, 5) is 23.8. The molecule has 7 heteroatoms. The van der Waals surface area contributed by atoms with Gasteiger partial charge in [-0.1, -0.05) is 17.7 Å². The highest BCUT2D eigenvalue weighted by atomic mass is 35.5. The van der Waals surface area contributed by atoms with E-state index >= 15 is 0 Å². The van der Waals surface area contributed by atoms with Crippen molar-refractivity contribution < 1.29 is 23.8 Å². The molecule has 138 valence electrons. The summed E-state index contributed by atoms with van der Waals surface area (Å²) in [5, 5.41) is 3.06. The first-order valence-corrected chi connectivity index (χ1v) is 8.25. The van der Waals surface area contributed by atoms with Crippen LogP contribution in [-0.2, 0) is 16.0 Å². The van der Waals surface area contributed by atoms with E-state index in [2.05, 4.69) is 10.1 Å². The van der Waals surface area contributed by atoms with E-state index in [-0.39, 0.29) is 12.3 Å². The van der Waals surface area contributed by atoms with Crippen LogP contribution in [0.4, 0.5) is 5.69 Å². The summed E-state index contributed by atoms with van der Waals surface area (Å²) in [5.74, 6) is 0.525. The molecule has 0 saturated heterocycles. The van der Waals surface area contributed by atoms with Gasteiger partial charge in [-0.15, -0.1) is 0 Å². The minimum Gasteiger partial charge on any atom is -0.493 e. The van der Waals surface area contributed by atoms with Crippen LogP contribution in [-0.4, -0.2) is 33.2 Å². The highest BCUT2D eigenvalue weighted by Gasteiger charge is 2.12. The van der Waals surface area contributed by atoms with Gasteiger partial charge in [0.25, 0.3) is 0 Å². The highest BCUT2D eigenvalue weighted by molar-refractivity contribution is 6.33. The molecule has 1 amide bonds. The molecular weight excluding hydrogens is 358 g/mol. The van der Waals surface area contributed by atoms with Gasteiger partial charge in [0.05, 0.1) is 37.6 Å². The van der Waals surface area contributed by atoms with Gasteiger partial charge in [-0.3, -0.25) is 4.79 Å². The lowest BCUT2D eigenvalue weighted by atomic mass is 10.1. The minimum absolute atomic E-state index is 0.219. The van der Waals surface area contributed by atoms with Crippen LogP contribution in [0.2, 0.25) is 5.02 Å². The predicted octanol–water partition coefficient (Wildman–Crippen LogP) is 3.72. The van der Waals surface area contributed by atoms with E-state index in [1.165, 1.54) is 25.3 Å². The fourth-order valence-corrected chi connectivity index (χ4v) is 2.54. The van der Waals surface area contributed by atoms with Gasteiger partial charge in [-0.25, -0.2) is 4.79 Å². The molecular formula is C19H20ClNO5. The molecule has 0 unspecified atom stereocenters. The molecule has 0 aliphatic heterocycles. The van der Waals surface area contributed by atoms with Crippen LogP contribution >= 0.6 is 11.6 Å². The van der Waals surface area contributed by atoms with Crippen LogP contribution < -0.4 is 14.8 Å². The topological polar surface area (TPSA) is 73.9 Å². The van der Waals surface area contributed by atoms with Crippen molar-refractivity contribution in [2.75, 3.05) is 26.6 Å². The predicted molar refractivity (Wildman–Crippen MR) is 99.3 cm³/mol. The number of ether oxygens (including phenoxy) is 3. The molecule has 2 aromatic carbocycles. The second-order valence-corrected chi connectivity index (χ2v) is 5.83. The molecule has 0 spiro atoms. The molecule has 0 aromatic heterocycles. The summed E-state index contributed by atoms with van der Waals surface area (Å²) in [6, 6.07) is 10.1. The van der Waals surface area contributed by atoms with Gasteiger partial charge in [-0.2, -0.15) is 0 Å². The molecule has 0 atom stereocenters. The van der Waals surface area contributed by atoms with Crippen LogP contribution in [0, 0.1) is 0 Å². The van der Waals surface area contributed by atoms with Crippen LogP contribution in [0.5, 0.6) is 11.5 Å². The number of carbonyl (C=O) groups excluding carboxylic acids is 2. The SMILES string of the molecule is COC(=O)c1ccc(Cl)c(NC(=O)CCc2ccc(OC)c(OC)c2)c1. The summed E-state index contributed by atoms with van der Waals surface area (Å²) < 4.78 is 15.1. The van der Waals surface area contributed by atoms with E-state index in [9.17, 15) is 9.59 Å². The number of hydrogen-bond acceptors (Lipinski definition) is 5. The molecule has 0 radical (unpaired) electrons. The van der Waals surface area contributed by atoms with E-state index in [0.29, 0.717) is 34.2 Å². The zero-order chi connectivity index (χ0) is 19.1. The summed E-state index contributed by atoms with van der Waals surface area (Å²) in [5.41, 5.74) is 1.62. The molecule has 0 heterocycles. The third kappa shape index (κ3) is 4.89. The number of halogens is 1. The van der Waals surface area contributed by atoms with Gasteiger partial charge >= 0.3 is 5.97 Å². The Morgan fingerprint density at radius 3 is 2.38 bits per heavy atom. The van der Waals surface area contributed by atoms with Crippen molar-refractivity contribution in [1.29, 1.82) is 0 Å². The summed E-state index contributed by atoms with van der Waals surface area (Å²) >= 11 is 6.08. The van der Waals surface area contributed by atoms with Crippen molar-refractivity contribution in [1.82, 2.24) is 0 Å². The second kappa shape index (κ2) is 9.10. The summed E-state index contributed by atoms with van der Waals surface area (Å²) in [7, 11) is 4.42. The standard InChI is InChI=1S/C19H20ClNO5/c1-24-16-8-4-12(10-17(16)25-2)5-9-18(22)21-15-11-13(19(23)26-3)6-7-14(15)20/h4,6-8,10-11H,5,9H2,1-3H3,(H,21,22). The van der Waals surface area contributed by atoms with Gasteiger partial charge in [0.2, 0.25) is 5.91 Å². The number of hydrogen-bond donors (Lipinski definition) is 1. The first-order chi connectivity index (χ1) is 12.5. The fourth-order valence-electron chi connectivity index (χ4n) is 2.37. The van der Waals surface area contributed by atoms with Crippen LogP contribution in [0.25, 0.3) is 0 Å². The number of esters is 1. The van der Waals surface area contributed by atoms with Crippen molar-refractivity contribution in [3.63, 3.8) is 0 Å². The van der Waals surface area contributed by atoms with Crippen LogP contribution in [0.15, 0.2) is 36.4 Å². The number of aryl methyl sites for hydroxylation is 1. The number of nitrogens with one attached hydrogen (secondary N) is 1. The number of methoxy groups -OCH3 is 3. The number of carbonyl (C=O) groups is 2. The third-order valence-electron chi connectivity index (χ3n) is 3.75. The van der Waals surface area contributed by atoms with Crippen molar-refractivity contribution in [3.05, 3.63) is 52.5 Å². The Morgan fingerprint density at radius 2 is 1.73 bits per heavy atom. The first kappa shape index (κ1) is 19.6. The molecule has 6 nitrogen and oxygen atoms in total. The Morgan fingerprint density at radius 1 is 1.00 bits per heavy atom. The first-order valence-electron chi connectivity index (χ1n) is 7.87. The molecule has 2 rings (SSSR count). The zero-order valence-electron chi connectivity index (χ0n) is 14.8. The Labute approximate surface area is 157 Å². The molecule has 2 aromatic rings. The van der Waals surface area contributed by atoms with Gasteiger partial charge in [0.1, 0.15) is 0 Å². The maximum atomic E-state index is 12.2. The normalized spacial score (nSPS) is 10.2. The van der Waals surface area contributed by atoms with Gasteiger partial charge in [0, 0.05) is 6.42 Å². The molecule has 26 heavy (non-hydrogen) atoms. The second-order valence-electron chi connectivity index (χ2n) is 5.42. The summed E-state index contributed by atoms with van der Waals surface area (Å²) in [6.45, 7) is 0. The molecule has 0 saturated carbocycles. The van der Waals surface area contributed by atoms with Crippen LogP contribution in [0.1, 0.15) is 22.3 Å². The number of rotatable bonds is 7. The average Bonchev–Trinajstić information content (AvgIpc) is 2.67. The molecule has 0 fully saturated rings. The third-order valence-corrected chi connectivity index (χ3v) is 4.08. The fraction of sp³-hybridized carbons (Fsp3) is 0.263. The Hall–Kier alpha value is -2.73. The molecule has 0 bridgehead atoms. The van der Waals surface area contributed by atoms with E-state index in [1.54, 1.807) is 20.3 Å². The monoisotopic (exact) mass is 377 g/mol. The van der Waals surface area contributed by atoms with E-state index in [0.717, 1.165) is 5.56 Å². The average molecular weight is 378 g/mol. The van der Waals surface area contributed by atoms with E-state index in [4.69, 9.17) is 21.1 Å². The number of amides is 1. The smallest absolute Gasteiger partial charge is 0.337 e. The van der Waals surface area contributed by atoms with E-state index in [1.807, 2.05) is 12.1 Å². The maximum absolute atomic E-state index is 12.2.